The van der Waals surface area contributed by atoms with Crippen LogP contribution in [-0.4, -0.2) is 24.6 Å². The number of halogens is 1. The third-order valence-electron chi connectivity index (χ3n) is 2.77. The Hall–Kier alpha value is 0.200. The van der Waals surface area contributed by atoms with Crippen LogP contribution in [0.3, 0.4) is 0 Å². The third-order valence-corrected chi connectivity index (χ3v) is 5.59. The van der Waals surface area contributed by atoms with Gasteiger partial charge in [-0.05, 0) is 33.6 Å². The largest absolute Gasteiger partial charge is 0.217 e. The number of rotatable bonds is 5. The Balaban J connectivity index is 5.00. The van der Waals surface area contributed by atoms with E-state index in [0.717, 1.165) is 0 Å². The molecule has 1 N–H and O–H groups in total. The average Bonchev–Trinajstić information content (AvgIpc) is 2.12. The van der Waals surface area contributed by atoms with E-state index in [1.165, 1.54) is 0 Å². The molecule has 3 nitrogen and oxygen atoms in total. The van der Waals surface area contributed by atoms with Gasteiger partial charge in [0.1, 0.15) is 0 Å². The van der Waals surface area contributed by atoms with Gasteiger partial charge in [-0.2, -0.15) is 0 Å². The SMILES string of the molecule is CCC(CC)(CCl)NS(=O)(=O)C(C)(C)C. The Morgan fingerprint density at radius 2 is 1.53 bits per heavy atom. The molecule has 0 aliphatic heterocycles. The zero-order valence-electron chi connectivity index (χ0n) is 10.2. The molecule has 0 aromatic rings. The summed E-state index contributed by atoms with van der Waals surface area (Å²) >= 11 is 5.85. The molecule has 0 atom stereocenters. The quantitative estimate of drug-likeness (QED) is 0.768. The van der Waals surface area contributed by atoms with E-state index in [4.69, 9.17) is 11.6 Å². The fraction of sp³-hybridized carbons (Fsp3) is 1.00. The average molecular weight is 256 g/mol. The number of alkyl halides is 1. The summed E-state index contributed by atoms with van der Waals surface area (Å²) in [4.78, 5) is 0. The van der Waals surface area contributed by atoms with Crippen LogP contribution in [0, 0.1) is 0 Å². The van der Waals surface area contributed by atoms with Crippen molar-refractivity contribution in [3.05, 3.63) is 0 Å². The molecule has 0 saturated heterocycles. The second-order valence-corrected chi connectivity index (χ2v) is 7.54. The summed E-state index contributed by atoms with van der Waals surface area (Å²) < 4.78 is 25.9. The number of hydrogen-bond acceptors (Lipinski definition) is 2. The van der Waals surface area contributed by atoms with Crippen LogP contribution < -0.4 is 4.72 Å². The van der Waals surface area contributed by atoms with Gasteiger partial charge in [0.05, 0.1) is 4.75 Å². The summed E-state index contributed by atoms with van der Waals surface area (Å²) in [7, 11) is -3.33. The molecule has 0 aliphatic carbocycles. The minimum absolute atomic E-state index is 0.301. The summed E-state index contributed by atoms with van der Waals surface area (Å²) in [6.07, 6.45) is 1.39. The maximum atomic E-state index is 12.0. The maximum absolute atomic E-state index is 12.0. The fourth-order valence-electron chi connectivity index (χ4n) is 1.05. The van der Waals surface area contributed by atoms with Crippen LogP contribution in [0.2, 0.25) is 0 Å². The van der Waals surface area contributed by atoms with E-state index in [0.29, 0.717) is 18.7 Å². The molecule has 0 rings (SSSR count). The first-order chi connectivity index (χ1) is 6.64. The van der Waals surface area contributed by atoms with E-state index in [1.54, 1.807) is 20.8 Å². The molecule has 0 amide bonds. The van der Waals surface area contributed by atoms with E-state index in [1.807, 2.05) is 13.8 Å². The van der Waals surface area contributed by atoms with E-state index in [-0.39, 0.29) is 0 Å². The van der Waals surface area contributed by atoms with Crippen LogP contribution >= 0.6 is 11.6 Å². The van der Waals surface area contributed by atoms with Gasteiger partial charge in [0, 0.05) is 11.4 Å². The number of sulfonamides is 1. The second-order valence-electron chi connectivity index (χ2n) is 4.84. The predicted octanol–water partition coefficient (Wildman–Crippen LogP) is 2.50. The molecular weight excluding hydrogens is 234 g/mol. The Labute approximate surface area is 98.6 Å². The zero-order chi connectivity index (χ0) is 12.3. The van der Waals surface area contributed by atoms with Crippen LogP contribution in [0.25, 0.3) is 0 Å². The van der Waals surface area contributed by atoms with Crippen molar-refractivity contribution in [3.8, 4) is 0 Å². The normalized spacial score (nSPS) is 14.3. The molecule has 15 heavy (non-hydrogen) atoms. The molecule has 0 aromatic heterocycles. The number of nitrogens with one attached hydrogen (secondary N) is 1. The van der Waals surface area contributed by atoms with Crippen molar-refractivity contribution >= 4 is 21.6 Å². The highest BCUT2D eigenvalue weighted by atomic mass is 35.5. The summed E-state index contributed by atoms with van der Waals surface area (Å²) in [5.41, 5.74) is -0.506. The van der Waals surface area contributed by atoms with Crippen molar-refractivity contribution in [2.45, 2.75) is 57.7 Å². The highest BCUT2D eigenvalue weighted by Crippen LogP contribution is 2.23. The van der Waals surface area contributed by atoms with Crippen LogP contribution in [0.4, 0.5) is 0 Å². The van der Waals surface area contributed by atoms with E-state index >= 15 is 0 Å². The molecule has 0 bridgehead atoms. The maximum Gasteiger partial charge on any atom is 0.217 e. The monoisotopic (exact) mass is 255 g/mol. The second kappa shape index (κ2) is 5.02. The molecule has 0 aliphatic rings. The van der Waals surface area contributed by atoms with Gasteiger partial charge in [-0.3, -0.25) is 0 Å². The lowest BCUT2D eigenvalue weighted by Gasteiger charge is -2.33. The van der Waals surface area contributed by atoms with E-state index in [2.05, 4.69) is 4.72 Å². The van der Waals surface area contributed by atoms with Gasteiger partial charge in [-0.15, -0.1) is 11.6 Å². The Kier molecular flexibility index (Phi) is 5.09. The predicted molar refractivity (Wildman–Crippen MR) is 65.8 cm³/mol. The first-order valence-corrected chi connectivity index (χ1v) is 7.25. The van der Waals surface area contributed by atoms with Gasteiger partial charge < -0.3 is 0 Å². The van der Waals surface area contributed by atoms with E-state index < -0.39 is 20.3 Å². The molecule has 0 fully saturated rings. The first kappa shape index (κ1) is 15.2. The summed E-state index contributed by atoms with van der Waals surface area (Å²) in [6, 6.07) is 0. The lowest BCUT2D eigenvalue weighted by atomic mass is 9.97. The van der Waals surface area contributed by atoms with Gasteiger partial charge in [0.25, 0.3) is 0 Å². The first-order valence-electron chi connectivity index (χ1n) is 5.23. The van der Waals surface area contributed by atoms with E-state index in [9.17, 15) is 8.42 Å². The zero-order valence-corrected chi connectivity index (χ0v) is 11.8. The highest BCUT2D eigenvalue weighted by molar-refractivity contribution is 7.90. The number of hydrogen-bond donors (Lipinski definition) is 1. The molecule has 0 heterocycles. The molecule has 5 heteroatoms. The van der Waals surface area contributed by atoms with Crippen LogP contribution in [0.1, 0.15) is 47.5 Å². The summed E-state index contributed by atoms with van der Waals surface area (Å²) in [5.74, 6) is 0.301. The molecule has 0 radical (unpaired) electrons. The topological polar surface area (TPSA) is 46.2 Å². The van der Waals surface area contributed by atoms with Crippen molar-refractivity contribution in [2.75, 3.05) is 5.88 Å². The molecule has 0 saturated carbocycles. The van der Waals surface area contributed by atoms with Crippen LogP contribution in [0.15, 0.2) is 0 Å². The lowest BCUT2D eigenvalue weighted by Crippen LogP contribution is -2.54. The third kappa shape index (κ3) is 3.61. The molecule has 0 unspecified atom stereocenters. The summed E-state index contributed by atoms with van der Waals surface area (Å²) in [6.45, 7) is 8.92. The Morgan fingerprint density at radius 3 is 1.73 bits per heavy atom. The molecule has 0 aromatic carbocycles. The van der Waals surface area contributed by atoms with Gasteiger partial charge >= 0.3 is 0 Å². The molecule has 92 valence electrons. The van der Waals surface area contributed by atoms with Crippen molar-refractivity contribution in [3.63, 3.8) is 0 Å². The van der Waals surface area contributed by atoms with Crippen molar-refractivity contribution in [1.82, 2.24) is 4.72 Å². The molecule has 0 spiro atoms. The lowest BCUT2D eigenvalue weighted by molar-refractivity contribution is 0.387. The fourth-order valence-corrected chi connectivity index (χ4v) is 2.81. The van der Waals surface area contributed by atoms with Crippen molar-refractivity contribution in [1.29, 1.82) is 0 Å². The van der Waals surface area contributed by atoms with Crippen molar-refractivity contribution < 1.29 is 8.42 Å². The minimum Gasteiger partial charge on any atom is -0.212 e. The van der Waals surface area contributed by atoms with Gasteiger partial charge in [0.2, 0.25) is 10.0 Å². The smallest absolute Gasteiger partial charge is 0.212 e. The highest BCUT2D eigenvalue weighted by Gasteiger charge is 2.37. The van der Waals surface area contributed by atoms with Gasteiger partial charge in [-0.25, -0.2) is 13.1 Å². The standard InChI is InChI=1S/C10H22ClNO2S/c1-6-10(7-2,8-11)12-15(13,14)9(3,4)5/h12H,6-8H2,1-5H3. The Morgan fingerprint density at radius 1 is 1.13 bits per heavy atom. The molecular formula is C10H22ClNO2S. The minimum atomic E-state index is -3.33. The van der Waals surface area contributed by atoms with Gasteiger partial charge in [-0.1, -0.05) is 13.8 Å². The van der Waals surface area contributed by atoms with Crippen LogP contribution in [0.5, 0.6) is 0 Å². The van der Waals surface area contributed by atoms with Gasteiger partial charge in [0.15, 0.2) is 0 Å². The van der Waals surface area contributed by atoms with Crippen molar-refractivity contribution in [2.24, 2.45) is 0 Å². The Bertz CT molecular complexity index is 281. The summed E-state index contributed by atoms with van der Waals surface area (Å²) in [5, 5.41) is 0. The van der Waals surface area contributed by atoms with Crippen LogP contribution in [-0.2, 0) is 10.0 Å².